The lowest BCUT2D eigenvalue weighted by Crippen LogP contribution is -2.50. The number of aromatic nitrogens is 2. The highest BCUT2D eigenvalue weighted by Gasteiger charge is 2.58. The molecule has 1 aliphatic carbocycles. The number of carbonyl (C=O) groups is 1. The highest BCUT2D eigenvalue weighted by atomic mass is 32.2. The lowest BCUT2D eigenvalue weighted by atomic mass is 9.88. The second-order valence-corrected chi connectivity index (χ2v) is 11.5. The molecule has 4 heterocycles. The number of nitrogens with zero attached hydrogens (tertiary/aromatic N) is 3. The number of rotatable bonds is 6. The summed E-state index contributed by atoms with van der Waals surface area (Å²) in [6.07, 6.45) is 10.4. The summed E-state index contributed by atoms with van der Waals surface area (Å²) in [6.45, 7) is 0.129. The van der Waals surface area contributed by atoms with Crippen molar-refractivity contribution in [2.24, 2.45) is 11.8 Å². The fourth-order valence-electron chi connectivity index (χ4n) is 5.93. The number of carbonyl (C=O) groups excluding carboxylic acids is 1. The average molecular weight is 499 g/mol. The smallest absolute Gasteiger partial charge is 0.258 e. The summed E-state index contributed by atoms with van der Waals surface area (Å²) in [5.41, 5.74) is 2.98. The molecule has 3 aliphatic rings. The first-order valence-electron chi connectivity index (χ1n) is 12.0. The lowest BCUT2D eigenvalue weighted by Gasteiger charge is -2.29. The van der Waals surface area contributed by atoms with Gasteiger partial charge in [0.2, 0.25) is 15.9 Å². The minimum Gasteiger partial charge on any atom is -0.396 e. The molecule has 1 amide bonds. The van der Waals surface area contributed by atoms with Gasteiger partial charge < -0.3 is 15.0 Å². The van der Waals surface area contributed by atoms with Gasteiger partial charge in [-0.2, -0.15) is 4.31 Å². The first-order chi connectivity index (χ1) is 16.8. The van der Waals surface area contributed by atoms with Gasteiger partial charge >= 0.3 is 0 Å². The molecule has 0 unspecified atom stereocenters. The normalized spacial score (nSPS) is 26.2. The Balaban J connectivity index is 1.50. The van der Waals surface area contributed by atoms with Crippen molar-refractivity contribution < 1.29 is 18.3 Å². The van der Waals surface area contributed by atoms with Crippen molar-refractivity contribution in [3.63, 3.8) is 0 Å². The number of aliphatic hydroxyl groups is 1. The molecule has 1 fully saturated rings. The van der Waals surface area contributed by atoms with E-state index in [4.69, 9.17) is 0 Å². The van der Waals surface area contributed by atoms with Crippen molar-refractivity contribution >= 4 is 21.5 Å². The molecule has 5 rings (SSSR count). The van der Waals surface area contributed by atoms with E-state index in [2.05, 4.69) is 16.4 Å². The summed E-state index contributed by atoms with van der Waals surface area (Å²) in [5.74, 6) is -1.47. The number of sulfonamides is 1. The van der Waals surface area contributed by atoms with Crippen LogP contribution in [0.25, 0.3) is 5.57 Å². The fraction of sp³-hybridized carbons (Fsp3) is 0.480. The van der Waals surface area contributed by atoms with Gasteiger partial charge in [0.25, 0.3) is 5.56 Å². The summed E-state index contributed by atoms with van der Waals surface area (Å²) in [7, 11) is -3.84. The van der Waals surface area contributed by atoms with Crippen LogP contribution < -0.4 is 10.9 Å². The zero-order valence-corrected chi connectivity index (χ0v) is 20.4. The molecular weight excluding hydrogens is 468 g/mol. The van der Waals surface area contributed by atoms with Gasteiger partial charge in [-0.1, -0.05) is 6.08 Å². The van der Waals surface area contributed by atoms with E-state index >= 15 is 0 Å². The Morgan fingerprint density at radius 3 is 2.63 bits per heavy atom. The first kappa shape index (κ1) is 23.9. The second-order valence-electron chi connectivity index (χ2n) is 9.63. The van der Waals surface area contributed by atoms with Gasteiger partial charge in [0.05, 0.1) is 12.3 Å². The molecule has 2 aliphatic heterocycles. The largest absolute Gasteiger partial charge is 0.396 e. The van der Waals surface area contributed by atoms with Gasteiger partial charge in [-0.15, -0.1) is 0 Å². The van der Waals surface area contributed by atoms with E-state index < -0.39 is 33.9 Å². The van der Waals surface area contributed by atoms with E-state index in [1.165, 1.54) is 4.31 Å². The van der Waals surface area contributed by atoms with Crippen LogP contribution in [0.3, 0.4) is 0 Å². The van der Waals surface area contributed by atoms with E-state index in [1.807, 2.05) is 6.07 Å². The maximum atomic E-state index is 13.4. The summed E-state index contributed by atoms with van der Waals surface area (Å²) in [5, 5.41) is 13.1. The van der Waals surface area contributed by atoms with Crippen LogP contribution in [0.4, 0.5) is 0 Å². The first-order valence-corrected chi connectivity index (χ1v) is 13.8. The van der Waals surface area contributed by atoms with Crippen LogP contribution >= 0.6 is 0 Å². The van der Waals surface area contributed by atoms with Crippen LogP contribution in [0.5, 0.6) is 0 Å². The number of amides is 1. The minimum atomic E-state index is -3.84. The fourth-order valence-corrected chi connectivity index (χ4v) is 7.27. The Labute approximate surface area is 204 Å². The lowest BCUT2D eigenvalue weighted by molar-refractivity contribution is -0.126. The molecule has 4 atom stereocenters. The van der Waals surface area contributed by atoms with Crippen LogP contribution in [0, 0.1) is 11.8 Å². The van der Waals surface area contributed by atoms with E-state index in [-0.39, 0.29) is 31.2 Å². The van der Waals surface area contributed by atoms with Crippen LogP contribution in [-0.2, 0) is 27.9 Å². The maximum absolute atomic E-state index is 13.4. The Bertz CT molecular complexity index is 1320. The molecular formula is C25H30N4O5S. The molecule has 2 aromatic rings. The van der Waals surface area contributed by atoms with Crippen LogP contribution in [0.2, 0.25) is 0 Å². The van der Waals surface area contributed by atoms with Gasteiger partial charge in [-0.05, 0) is 61.1 Å². The highest BCUT2D eigenvalue weighted by Crippen LogP contribution is 2.50. The van der Waals surface area contributed by atoms with Crippen LogP contribution in [0.1, 0.15) is 48.5 Å². The van der Waals surface area contributed by atoms with E-state index in [9.17, 15) is 23.1 Å². The average Bonchev–Trinajstić information content (AvgIpc) is 3.39. The van der Waals surface area contributed by atoms with Gasteiger partial charge in [-0.3, -0.25) is 14.6 Å². The number of aliphatic hydroxyl groups excluding tert-OH is 1. The molecule has 2 N–H and O–H groups in total. The Kier molecular flexibility index (Phi) is 6.37. The van der Waals surface area contributed by atoms with Gasteiger partial charge in [0.15, 0.2) is 0 Å². The van der Waals surface area contributed by atoms with E-state index in [0.29, 0.717) is 11.3 Å². The van der Waals surface area contributed by atoms with Crippen molar-refractivity contribution in [1.29, 1.82) is 0 Å². The van der Waals surface area contributed by atoms with Crippen molar-refractivity contribution in [3.05, 3.63) is 69.9 Å². The van der Waals surface area contributed by atoms with E-state index in [1.54, 1.807) is 35.2 Å². The maximum Gasteiger partial charge on any atom is 0.258 e. The number of hydrogen-bond acceptors (Lipinski definition) is 6. The molecule has 35 heavy (non-hydrogen) atoms. The van der Waals surface area contributed by atoms with Crippen molar-refractivity contribution in [2.75, 3.05) is 12.9 Å². The van der Waals surface area contributed by atoms with Gasteiger partial charge in [0, 0.05) is 55.2 Å². The molecule has 0 radical (unpaired) electrons. The highest BCUT2D eigenvalue weighted by molar-refractivity contribution is 7.88. The number of hydrogen-bond donors (Lipinski definition) is 2. The van der Waals surface area contributed by atoms with Gasteiger partial charge in [0.1, 0.15) is 6.04 Å². The topological polar surface area (TPSA) is 122 Å². The zero-order valence-electron chi connectivity index (χ0n) is 19.6. The van der Waals surface area contributed by atoms with Crippen molar-refractivity contribution in [2.45, 2.75) is 50.9 Å². The van der Waals surface area contributed by atoms with E-state index in [0.717, 1.165) is 43.1 Å². The quantitative estimate of drug-likeness (QED) is 0.622. The van der Waals surface area contributed by atoms with Crippen LogP contribution in [-0.4, -0.2) is 52.2 Å². The monoisotopic (exact) mass is 498 g/mol. The van der Waals surface area contributed by atoms with Crippen molar-refractivity contribution in [3.8, 4) is 0 Å². The Hall–Kier alpha value is -2.82. The predicted octanol–water partition coefficient (Wildman–Crippen LogP) is 1.44. The standard InChI is InChI=1S/C25H30N4O5S/c1-35(33,34)29-22-19(20(15-30)23(29)24(31)27-13-16-9-11-26-12-10-16)14-28-21(22)8-7-18(25(28)32)17-5-3-2-4-6-17/h5,7-12,19-20,22-23,30H,2-4,6,13-15H2,1H3,(H,27,31)/t19-,20-,22+,23-/m0/s1. The van der Waals surface area contributed by atoms with Crippen LogP contribution in [0.15, 0.2) is 47.5 Å². The van der Waals surface area contributed by atoms with Gasteiger partial charge in [-0.25, -0.2) is 8.42 Å². The Morgan fingerprint density at radius 2 is 1.97 bits per heavy atom. The molecule has 0 bridgehead atoms. The summed E-state index contributed by atoms with van der Waals surface area (Å²) < 4.78 is 28.8. The second kappa shape index (κ2) is 9.33. The summed E-state index contributed by atoms with van der Waals surface area (Å²) in [4.78, 5) is 30.7. The SMILES string of the molecule is CS(=O)(=O)N1[C@H](C(=O)NCc2ccncc2)[C@@H](CO)[C@@H]2Cn3c(ccc(C4=CCCCC4)c3=O)[C@@H]21. The molecule has 2 aromatic heterocycles. The molecule has 0 saturated carbocycles. The summed E-state index contributed by atoms with van der Waals surface area (Å²) in [6, 6.07) is 5.41. The molecule has 9 nitrogen and oxygen atoms in total. The molecule has 186 valence electrons. The third-order valence-electron chi connectivity index (χ3n) is 7.53. The number of pyridine rings is 2. The predicted molar refractivity (Wildman–Crippen MR) is 131 cm³/mol. The molecule has 10 heteroatoms. The summed E-state index contributed by atoms with van der Waals surface area (Å²) >= 11 is 0. The third-order valence-corrected chi connectivity index (χ3v) is 8.75. The Morgan fingerprint density at radius 1 is 1.20 bits per heavy atom. The number of fused-ring (bicyclic) bond motifs is 3. The number of allylic oxidation sites excluding steroid dienone is 2. The number of nitrogens with one attached hydrogen (secondary N) is 1. The van der Waals surface area contributed by atoms with Crippen molar-refractivity contribution in [1.82, 2.24) is 19.2 Å². The minimum absolute atomic E-state index is 0.131. The third kappa shape index (κ3) is 4.23. The molecule has 1 saturated heterocycles. The zero-order chi connectivity index (χ0) is 24.7. The molecule has 0 spiro atoms. The molecule has 0 aromatic carbocycles.